The smallest absolute Gasteiger partial charge is 0.164 e. The summed E-state index contributed by atoms with van der Waals surface area (Å²) in [5, 5.41) is 0. The Bertz CT molecular complexity index is 340. The predicted octanol–water partition coefficient (Wildman–Crippen LogP) is 3.12. The van der Waals surface area contributed by atoms with E-state index >= 15 is 0 Å². The fraction of sp³-hybridized carbons (Fsp3) is 0.500. The van der Waals surface area contributed by atoms with Gasteiger partial charge in [-0.2, -0.15) is 0 Å². The summed E-state index contributed by atoms with van der Waals surface area (Å²) in [4.78, 5) is 11.7. The first kappa shape index (κ1) is 12.9. The molecule has 0 amide bonds. The summed E-state index contributed by atoms with van der Waals surface area (Å²) < 4.78 is 0. The molecule has 0 spiro atoms. The van der Waals surface area contributed by atoms with Gasteiger partial charge in [0.2, 0.25) is 0 Å². The van der Waals surface area contributed by atoms with E-state index in [-0.39, 0.29) is 11.8 Å². The van der Waals surface area contributed by atoms with Crippen LogP contribution in [0.3, 0.4) is 0 Å². The molecule has 88 valence electrons. The van der Waals surface area contributed by atoms with Crippen LogP contribution in [0.4, 0.5) is 0 Å². The van der Waals surface area contributed by atoms with E-state index < -0.39 is 0 Å². The summed E-state index contributed by atoms with van der Waals surface area (Å²) in [6.07, 6.45) is 1.54. The molecule has 2 unspecified atom stereocenters. The van der Waals surface area contributed by atoms with Crippen molar-refractivity contribution in [1.82, 2.24) is 0 Å². The number of nitrogens with two attached hydrogens (primary N) is 1. The van der Waals surface area contributed by atoms with Crippen molar-refractivity contribution >= 4 is 5.78 Å². The van der Waals surface area contributed by atoms with E-state index in [0.29, 0.717) is 12.3 Å². The van der Waals surface area contributed by atoms with Gasteiger partial charge in [-0.15, -0.1) is 0 Å². The van der Waals surface area contributed by atoms with Crippen LogP contribution in [0.2, 0.25) is 0 Å². The second-order valence-electron chi connectivity index (χ2n) is 4.54. The van der Waals surface area contributed by atoms with Crippen molar-refractivity contribution in [3.05, 3.63) is 35.4 Å². The molecule has 0 saturated heterocycles. The number of rotatable bonds is 5. The molecule has 0 aliphatic carbocycles. The van der Waals surface area contributed by atoms with Crippen LogP contribution in [0.5, 0.6) is 0 Å². The number of ketones is 1. The molecule has 16 heavy (non-hydrogen) atoms. The zero-order valence-corrected chi connectivity index (χ0v) is 10.4. The molecule has 1 rings (SSSR count). The summed E-state index contributed by atoms with van der Waals surface area (Å²) in [5.74, 6) is 0.684. The fourth-order valence-electron chi connectivity index (χ4n) is 1.64. The lowest BCUT2D eigenvalue weighted by Crippen LogP contribution is -2.19. The molecule has 0 radical (unpaired) electrons. The zero-order chi connectivity index (χ0) is 12.1. The zero-order valence-electron chi connectivity index (χ0n) is 10.4. The van der Waals surface area contributed by atoms with Crippen molar-refractivity contribution in [2.45, 2.75) is 45.6 Å². The average Bonchev–Trinajstić information content (AvgIpc) is 2.27. The number of Topliss-reactive ketones (excluding diaryl/α,β-unsaturated/α-hetero) is 1. The minimum atomic E-state index is -0.0678. The van der Waals surface area contributed by atoms with Gasteiger partial charge in [0, 0.05) is 18.0 Å². The third kappa shape index (κ3) is 3.46. The standard InChI is InChI=1S/C14H21NO/c1-4-10(2)12-5-7-13(8-6-12)14(16)9-11(3)15/h5-8,10-11H,4,9,15H2,1-3H3. The summed E-state index contributed by atoms with van der Waals surface area (Å²) in [6, 6.07) is 7.84. The van der Waals surface area contributed by atoms with Gasteiger partial charge >= 0.3 is 0 Å². The summed E-state index contributed by atoms with van der Waals surface area (Å²) in [7, 11) is 0. The third-order valence-electron chi connectivity index (χ3n) is 2.92. The molecule has 2 nitrogen and oxygen atoms in total. The number of hydrogen-bond donors (Lipinski definition) is 1. The maximum atomic E-state index is 11.7. The van der Waals surface area contributed by atoms with Gasteiger partial charge in [0.1, 0.15) is 0 Å². The molecular formula is C14H21NO. The van der Waals surface area contributed by atoms with Gasteiger partial charge in [-0.3, -0.25) is 4.79 Å². The highest BCUT2D eigenvalue weighted by molar-refractivity contribution is 5.96. The Balaban J connectivity index is 2.74. The minimum Gasteiger partial charge on any atom is -0.328 e. The molecule has 0 saturated carbocycles. The first-order chi connectivity index (χ1) is 7.54. The van der Waals surface area contributed by atoms with Crippen LogP contribution < -0.4 is 5.73 Å². The third-order valence-corrected chi connectivity index (χ3v) is 2.92. The molecule has 2 atom stereocenters. The summed E-state index contributed by atoms with van der Waals surface area (Å²) in [6.45, 7) is 6.21. The second kappa shape index (κ2) is 5.80. The maximum absolute atomic E-state index is 11.7. The van der Waals surface area contributed by atoms with E-state index in [4.69, 9.17) is 5.73 Å². The van der Waals surface area contributed by atoms with Crippen LogP contribution in [-0.2, 0) is 0 Å². The van der Waals surface area contributed by atoms with E-state index in [1.165, 1.54) is 5.56 Å². The van der Waals surface area contributed by atoms with Crippen molar-refractivity contribution in [2.75, 3.05) is 0 Å². The lowest BCUT2D eigenvalue weighted by atomic mass is 9.96. The lowest BCUT2D eigenvalue weighted by molar-refractivity contribution is 0.0976. The first-order valence-electron chi connectivity index (χ1n) is 5.93. The van der Waals surface area contributed by atoms with Crippen molar-refractivity contribution in [3.8, 4) is 0 Å². The molecule has 0 aliphatic heterocycles. The summed E-state index contributed by atoms with van der Waals surface area (Å²) in [5.41, 5.74) is 7.67. The van der Waals surface area contributed by atoms with E-state index in [1.807, 2.05) is 31.2 Å². The molecular weight excluding hydrogens is 198 g/mol. The van der Waals surface area contributed by atoms with Crippen molar-refractivity contribution in [1.29, 1.82) is 0 Å². The maximum Gasteiger partial charge on any atom is 0.164 e. The Labute approximate surface area is 97.9 Å². The van der Waals surface area contributed by atoms with E-state index in [2.05, 4.69) is 13.8 Å². The van der Waals surface area contributed by atoms with Gasteiger partial charge in [0.15, 0.2) is 5.78 Å². The van der Waals surface area contributed by atoms with Crippen LogP contribution in [-0.4, -0.2) is 11.8 Å². The van der Waals surface area contributed by atoms with Crippen LogP contribution in [0.15, 0.2) is 24.3 Å². The van der Waals surface area contributed by atoms with Gasteiger partial charge in [0.05, 0.1) is 0 Å². The highest BCUT2D eigenvalue weighted by Gasteiger charge is 2.09. The van der Waals surface area contributed by atoms with E-state index in [9.17, 15) is 4.79 Å². The lowest BCUT2D eigenvalue weighted by Gasteiger charge is -2.10. The number of hydrogen-bond acceptors (Lipinski definition) is 2. The van der Waals surface area contributed by atoms with Crippen molar-refractivity contribution in [3.63, 3.8) is 0 Å². The minimum absolute atomic E-state index is 0.0678. The van der Waals surface area contributed by atoms with Crippen LogP contribution in [0.1, 0.15) is 55.5 Å². The number of benzene rings is 1. The molecule has 0 fully saturated rings. The van der Waals surface area contributed by atoms with Gasteiger partial charge < -0.3 is 5.73 Å². The highest BCUT2D eigenvalue weighted by Crippen LogP contribution is 2.19. The van der Waals surface area contributed by atoms with Gasteiger partial charge in [-0.25, -0.2) is 0 Å². The van der Waals surface area contributed by atoms with E-state index in [0.717, 1.165) is 12.0 Å². The second-order valence-corrected chi connectivity index (χ2v) is 4.54. The summed E-state index contributed by atoms with van der Waals surface area (Å²) >= 11 is 0. The van der Waals surface area contributed by atoms with Gasteiger partial charge in [-0.1, -0.05) is 38.1 Å². The average molecular weight is 219 g/mol. The quantitative estimate of drug-likeness (QED) is 0.773. The van der Waals surface area contributed by atoms with Crippen molar-refractivity contribution < 1.29 is 4.79 Å². The molecule has 0 bridgehead atoms. The van der Waals surface area contributed by atoms with Gasteiger partial charge in [-0.05, 0) is 24.8 Å². The Kier molecular flexibility index (Phi) is 4.69. The molecule has 2 heteroatoms. The molecule has 1 aromatic rings. The largest absolute Gasteiger partial charge is 0.328 e. The topological polar surface area (TPSA) is 43.1 Å². The Hall–Kier alpha value is -1.15. The Morgan fingerprint density at radius 3 is 2.25 bits per heavy atom. The fourth-order valence-corrected chi connectivity index (χ4v) is 1.64. The molecule has 0 heterocycles. The number of carbonyl (C=O) groups excluding carboxylic acids is 1. The monoisotopic (exact) mass is 219 g/mol. The molecule has 0 aliphatic rings. The van der Waals surface area contributed by atoms with Crippen molar-refractivity contribution in [2.24, 2.45) is 5.73 Å². The molecule has 1 aromatic carbocycles. The van der Waals surface area contributed by atoms with Gasteiger partial charge in [0.25, 0.3) is 0 Å². The van der Waals surface area contributed by atoms with E-state index in [1.54, 1.807) is 0 Å². The van der Waals surface area contributed by atoms with Crippen LogP contribution >= 0.6 is 0 Å². The molecule has 0 aromatic heterocycles. The Morgan fingerprint density at radius 2 is 1.81 bits per heavy atom. The molecule has 2 N–H and O–H groups in total. The SMILES string of the molecule is CCC(C)c1ccc(C(=O)CC(C)N)cc1. The Morgan fingerprint density at radius 1 is 1.25 bits per heavy atom. The van der Waals surface area contributed by atoms with Crippen LogP contribution in [0.25, 0.3) is 0 Å². The normalized spacial score (nSPS) is 14.5. The number of carbonyl (C=O) groups is 1. The first-order valence-corrected chi connectivity index (χ1v) is 5.93. The predicted molar refractivity (Wildman–Crippen MR) is 67.7 cm³/mol. The van der Waals surface area contributed by atoms with Crippen LogP contribution in [0, 0.1) is 0 Å². The highest BCUT2D eigenvalue weighted by atomic mass is 16.1.